The average Bonchev–Trinajstić information content (AvgIpc) is 3.41. The molecule has 0 saturated heterocycles. The number of alkyl carbamates (subject to hydrolysis) is 1. The van der Waals surface area contributed by atoms with Gasteiger partial charge in [0, 0.05) is 36.4 Å². The van der Waals surface area contributed by atoms with E-state index < -0.39 is 24.0 Å². The van der Waals surface area contributed by atoms with Crippen LogP contribution in [-0.4, -0.2) is 47.3 Å². The third-order valence-electron chi connectivity index (χ3n) is 5.90. The van der Waals surface area contributed by atoms with Gasteiger partial charge in [0.05, 0.1) is 5.01 Å². The molecular formula is C26H27N3O5S. The summed E-state index contributed by atoms with van der Waals surface area (Å²) >= 11 is 1.51. The minimum atomic E-state index is -1.05. The van der Waals surface area contributed by atoms with Crippen molar-refractivity contribution >= 4 is 29.3 Å². The smallest absolute Gasteiger partial charge is 0.407 e. The Bertz CT molecular complexity index is 1180. The molecule has 182 valence electrons. The molecule has 0 bridgehead atoms. The van der Waals surface area contributed by atoms with Crippen LogP contribution in [0.25, 0.3) is 11.1 Å². The Labute approximate surface area is 207 Å². The standard InChI is InChI=1S/C26H27N3O5S/c1-16-15-35-23(28-16)12-13-27-25(32)22(10-11-24(30)31)29-26(33)34-14-21-19-8-4-2-6-17(19)18-7-3-5-9-20(18)21/h2-9,15,21-22H,10-14H2,1H3,(H,27,32)(H,29,33)(H,30,31). The van der Waals surface area contributed by atoms with Crippen molar-refractivity contribution in [2.75, 3.05) is 13.2 Å². The summed E-state index contributed by atoms with van der Waals surface area (Å²) in [5.74, 6) is -1.61. The quantitative estimate of drug-likeness (QED) is 0.395. The van der Waals surface area contributed by atoms with Gasteiger partial charge in [0.25, 0.3) is 0 Å². The van der Waals surface area contributed by atoms with Crippen molar-refractivity contribution in [3.8, 4) is 11.1 Å². The van der Waals surface area contributed by atoms with Crippen LogP contribution in [0, 0.1) is 6.92 Å². The molecule has 2 aromatic carbocycles. The fourth-order valence-corrected chi connectivity index (χ4v) is 5.03. The maximum absolute atomic E-state index is 12.7. The number of thiazole rings is 1. The van der Waals surface area contributed by atoms with E-state index in [2.05, 4.69) is 15.6 Å². The summed E-state index contributed by atoms with van der Waals surface area (Å²) in [5, 5.41) is 17.2. The number of carbonyl (C=O) groups excluding carboxylic acids is 2. The van der Waals surface area contributed by atoms with Crippen molar-refractivity contribution in [3.63, 3.8) is 0 Å². The van der Waals surface area contributed by atoms with Gasteiger partial charge in [0.15, 0.2) is 0 Å². The van der Waals surface area contributed by atoms with Gasteiger partial charge in [-0.3, -0.25) is 9.59 Å². The highest BCUT2D eigenvalue weighted by atomic mass is 32.1. The molecule has 0 spiro atoms. The molecule has 3 aromatic rings. The summed E-state index contributed by atoms with van der Waals surface area (Å²) in [7, 11) is 0. The first-order valence-corrected chi connectivity index (χ1v) is 12.3. The summed E-state index contributed by atoms with van der Waals surface area (Å²) in [5.41, 5.74) is 5.32. The van der Waals surface area contributed by atoms with E-state index in [0.29, 0.717) is 13.0 Å². The van der Waals surface area contributed by atoms with Gasteiger partial charge < -0.3 is 20.5 Å². The van der Waals surface area contributed by atoms with Crippen molar-refractivity contribution in [2.24, 2.45) is 0 Å². The maximum atomic E-state index is 12.7. The van der Waals surface area contributed by atoms with Crippen LogP contribution in [0.4, 0.5) is 4.79 Å². The summed E-state index contributed by atoms with van der Waals surface area (Å²) < 4.78 is 5.52. The van der Waals surface area contributed by atoms with E-state index in [4.69, 9.17) is 9.84 Å². The van der Waals surface area contributed by atoms with Gasteiger partial charge in [-0.1, -0.05) is 48.5 Å². The zero-order valence-corrected chi connectivity index (χ0v) is 20.1. The van der Waals surface area contributed by atoms with Crippen LogP contribution >= 0.6 is 11.3 Å². The number of aliphatic carboxylic acids is 1. The van der Waals surface area contributed by atoms with E-state index in [1.165, 1.54) is 11.3 Å². The van der Waals surface area contributed by atoms with Gasteiger partial charge in [-0.25, -0.2) is 9.78 Å². The fraction of sp³-hybridized carbons (Fsp3) is 0.308. The number of nitrogens with one attached hydrogen (secondary N) is 2. The van der Waals surface area contributed by atoms with E-state index in [9.17, 15) is 14.4 Å². The summed E-state index contributed by atoms with van der Waals surface area (Å²) in [6.45, 7) is 2.34. The number of carboxylic acid groups (broad SMARTS) is 1. The van der Waals surface area contributed by atoms with E-state index in [-0.39, 0.29) is 25.4 Å². The molecule has 1 unspecified atom stereocenters. The number of carbonyl (C=O) groups is 3. The first-order valence-electron chi connectivity index (χ1n) is 11.4. The first kappa shape index (κ1) is 24.4. The third kappa shape index (κ3) is 6.05. The van der Waals surface area contributed by atoms with Crippen LogP contribution in [0.2, 0.25) is 0 Å². The minimum absolute atomic E-state index is 0.0400. The molecule has 0 radical (unpaired) electrons. The number of hydrogen-bond donors (Lipinski definition) is 3. The number of nitrogens with zero attached hydrogens (tertiary/aromatic N) is 1. The highest BCUT2D eigenvalue weighted by Gasteiger charge is 2.30. The van der Waals surface area contributed by atoms with Crippen molar-refractivity contribution < 1.29 is 24.2 Å². The Balaban J connectivity index is 1.35. The second kappa shape index (κ2) is 11.1. The Hall–Kier alpha value is -3.72. The molecule has 0 aliphatic heterocycles. The number of carboxylic acids is 1. The number of aromatic nitrogens is 1. The molecule has 4 rings (SSSR count). The Morgan fingerprint density at radius 3 is 2.34 bits per heavy atom. The molecule has 1 atom stereocenters. The lowest BCUT2D eigenvalue weighted by molar-refractivity contribution is -0.137. The molecule has 1 aromatic heterocycles. The van der Waals surface area contributed by atoms with Gasteiger partial charge >= 0.3 is 12.1 Å². The number of aryl methyl sites for hydroxylation is 1. The second-order valence-electron chi connectivity index (χ2n) is 8.38. The van der Waals surface area contributed by atoms with Gasteiger partial charge in [-0.05, 0) is 35.6 Å². The maximum Gasteiger partial charge on any atom is 0.407 e. The van der Waals surface area contributed by atoms with Crippen LogP contribution in [-0.2, 0) is 20.7 Å². The van der Waals surface area contributed by atoms with E-state index in [1.807, 2.05) is 60.8 Å². The molecule has 3 N–H and O–H groups in total. The summed E-state index contributed by atoms with van der Waals surface area (Å²) in [6.07, 6.45) is -0.497. The summed E-state index contributed by atoms with van der Waals surface area (Å²) in [6, 6.07) is 15.0. The molecule has 1 heterocycles. The summed E-state index contributed by atoms with van der Waals surface area (Å²) in [4.78, 5) is 40.7. The van der Waals surface area contributed by atoms with Crippen molar-refractivity contribution in [3.05, 3.63) is 75.7 Å². The van der Waals surface area contributed by atoms with Crippen LogP contribution in [0.15, 0.2) is 53.9 Å². The molecule has 0 saturated carbocycles. The topological polar surface area (TPSA) is 118 Å². The molecule has 35 heavy (non-hydrogen) atoms. The Morgan fingerprint density at radius 2 is 1.74 bits per heavy atom. The normalized spacial score (nSPS) is 12.9. The number of amides is 2. The molecule has 9 heteroatoms. The van der Waals surface area contributed by atoms with Gasteiger partial charge in [0.2, 0.25) is 5.91 Å². The number of benzene rings is 2. The van der Waals surface area contributed by atoms with Gasteiger partial charge in [-0.15, -0.1) is 11.3 Å². The van der Waals surface area contributed by atoms with E-state index >= 15 is 0 Å². The third-order valence-corrected chi connectivity index (χ3v) is 6.93. The number of rotatable bonds is 10. The predicted molar refractivity (Wildman–Crippen MR) is 132 cm³/mol. The number of ether oxygens (including phenoxy) is 1. The average molecular weight is 494 g/mol. The Kier molecular flexibility index (Phi) is 7.77. The molecular weight excluding hydrogens is 466 g/mol. The lowest BCUT2D eigenvalue weighted by atomic mass is 9.98. The van der Waals surface area contributed by atoms with Gasteiger partial charge in [0.1, 0.15) is 12.6 Å². The molecule has 1 aliphatic rings. The molecule has 1 aliphatic carbocycles. The van der Waals surface area contributed by atoms with Crippen molar-refractivity contribution in [1.29, 1.82) is 0 Å². The monoisotopic (exact) mass is 493 g/mol. The highest BCUT2D eigenvalue weighted by molar-refractivity contribution is 7.09. The first-order chi connectivity index (χ1) is 16.9. The lowest BCUT2D eigenvalue weighted by Gasteiger charge is -2.19. The zero-order valence-electron chi connectivity index (χ0n) is 19.3. The SMILES string of the molecule is Cc1csc(CCNC(=O)C(CCC(=O)O)NC(=O)OCC2c3ccccc3-c3ccccc32)n1. The molecule has 8 nitrogen and oxygen atoms in total. The molecule has 2 amide bonds. The van der Waals surface area contributed by atoms with Crippen molar-refractivity contribution in [2.45, 2.75) is 38.1 Å². The molecule has 0 fully saturated rings. The van der Waals surface area contributed by atoms with E-state index in [0.717, 1.165) is 33.0 Å². The van der Waals surface area contributed by atoms with Crippen LogP contribution in [0.1, 0.15) is 40.6 Å². The predicted octanol–water partition coefficient (Wildman–Crippen LogP) is 3.88. The highest BCUT2D eigenvalue weighted by Crippen LogP contribution is 2.44. The Morgan fingerprint density at radius 1 is 1.09 bits per heavy atom. The zero-order chi connectivity index (χ0) is 24.8. The van der Waals surface area contributed by atoms with E-state index in [1.54, 1.807) is 0 Å². The van der Waals surface area contributed by atoms with Crippen molar-refractivity contribution in [1.82, 2.24) is 15.6 Å². The number of fused-ring (bicyclic) bond motifs is 3. The van der Waals surface area contributed by atoms with Crippen LogP contribution < -0.4 is 10.6 Å². The lowest BCUT2D eigenvalue weighted by Crippen LogP contribution is -2.47. The number of hydrogen-bond acceptors (Lipinski definition) is 6. The van der Waals surface area contributed by atoms with Crippen LogP contribution in [0.3, 0.4) is 0 Å². The van der Waals surface area contributed by atoms with Crippen LogP contribution in [0.5, 0.6) is 0 Å². The second-order valence-corrected chi connectivity index (χ2v) is 9.32. The largest absolute Gasteiger partial charge is 0.481 e. The minimum Gasteiger partial charge on any atom is -0.481 e. The fourth-order valence-electron chi connectivity index (χ4n) is 4.25. The van der Waals surface area contributed by atoms with Gasteiger partial charge in [-0.2, -0.15) is 0 Å².